The van der Waals surface area contributed by atoms with E-state index in [1.807, 2.05) is 24.3 Å². The molecule has 0 atom stereocenters. The molecule has 0 fully saturated rings. The van der Waals surface area contributed by atoms with Gasteiger partial charge in [0.2, 0.25) is 5.88 Å². The molecule has 138 valence electrons. The Bertz CT molecular complexity index is 943. The van der Waals surface area contributed by atoms with Crippen molar-refractivity contribution in [2.75, 3.05) is 5.32 Å². The zero-order chi connectivity index (χ0) is 19.1. The molecule has 3 aromatic rings. The number of nitrogens with zero attached hydrogens (tertiary/aromatic N) is 2. The minimum atomic E-state index is -0.370. The van der Waals surface area contributed by atoms with Crippen molar-refractivity contribution in [3.63, 3.8) is 0 Å². The number of aromatic nitrogens is 1. The Morgan fingerprint density at radius 1 is 1.15 bits per heavy atom. The lowest BCUT2D eigenvalue weighted by atomic mass is 10.1. The molecule has 0 bridgehead atoms. The van der Waals surface area contributed by atoms with E-state index >= 15 is 0 Å². The Kier molecular flexibility index (Phi) is 5.99. The van der Waals surface area contributed by atoms with Gasteiger partial charge in [-0.3, -0.25) is 0 Å². The summed E-state index contributed by atoms with van der Waals surface area (Å²) < 4.78 is 19.0. The molecule has 0 saturated heterocycles. The van der Waals surface area contributed by atoms with Crippen LogP contribution in [0.15, 0.2) is 71.9 Å². The fraction of sp³-hybridized carbons (Fsp3) is 0.143. The van der Waals surface area contributed by atoms with Crippen LogP contribution in [0.5, 0.6) is 11.6 Å². The van der Waals surface area contributed by atoms with Crippen molar-refractivity contribution < 1.29 is 9.13 Å². The van der Waals surface area contributed by atoms with Gasteiger partial charge < -0.3 is 15.8 Å². The van der Waals surface area contributed by atoms with Gasteiger partial charge in [-0.15, -0.1) is 0 Å². The van der Waals surface area contributed by atoms with Crippen molar-refractivity contribution >= 4 is 11.6 Å². The van der Waals surface area contributed by atoms with Crippen LogP contribution in [0, 0.1) is 5.82 Å². The van der Waals surface area contributed by atoms with Crippen LogP contribution < -0.4 is 15.8 Å². The van der Waals surface area contributed by atoms with Gasteiger partial charge in [0, 0.05) is 23.5 Å². The van der Waals surface area contributed by atoms with Gasteiger partial charge in [-0.1, -0.05) is 31.2 Å². The van der Waals surface area contributed by atoms with Crippen LogP contribution in [0.1, 0.15) is 18.1 Å². The zero-order valence-electron chi connectivity index (χ0n) is 15.0. The number of guanidine groups is 1. The molecule has 6 heteroatoms. The maximum atomic E-state index is 13.3. The number of hydrogen-bond donors (Lipinski definition) is 2. The van der Waals surface area contributed by atoms with E-state index in [9.17, 15) is 4.39 Å². The first kappa shape index (κ1) is 18.4. The number of aliphatic imine (C=N–C) groups is 1. The first-order valence-electron chi connectivity index (χ1n) is 8.67. The molecule has 1 aromatic heterocycles. The molecule has 27 heavy (non-hydrogen) atoms. The van der Waals surface area contributed by atoms with Gasteiger partial charge in [-0.25, -0.2) is 14.4 Å². The fourth-order valence-electron chi connectivity index (χ4n) is 2.51. The number of hydrogen-bond acceptors (Lipinski definition) is 3. The molecule has 0 radical (unpaired) electrons. The molecule has 0 saturated carbocycles. The smallest absolute Gasteiger partial charge is 0.224 e. The summed E-state index contributed by atoms with van der Waals surface area (Å²) in [5.74, 6) is 0.670. The molecule has 1 heterocycles. The van der Waals surface area contributed by atoms with Crippen LogP contribution in [-0.4, -0.2) is 10.9 Å². The predicted molar refractivity (Wildman–Crippen MR) is 105 cm³/mol. The first-order chi connectivity index (χ1) is 13.1. The minimum absolute atomic E-state index is 0.283. The first-order valence-corrected chi connectivity index (χ1v) is 8.67. The number of benzene rings is 2. The van der Waals surface area contributed by atoms with E-state index in [-0.39, 0.29) is 12.4 Å². The quantitative estimate of drug-likeness (QED) is 0.499. The summed E-state index contributed by atoms with van der Waals surface area (Å²) in [6.07, 6.45) is 2.56. The molecule has 0 spiro atoms. The average Bonchev–Trinajstić information content (AvgIpc) is 2.67. The number of nitrogens with two attached hydrogens (primary N) is 1. The molecule has 2 aromatic carbocycles. The Hall–Kier alpha value is -3.41. The highest BCUT2D eigenvalue weighted by Crippen LogP contribution is 2.24. The number of aryl methyl sites for hydroxylation is 1. The van der Waals surface area contributed by atoms with E-state index in [0.29, 0.717) is 17.6 Å². The van der Waals surface area contributed by atoms with Crippen molar-refractivity contribution in [1.29, 1.82) is 0 Å². The minimum Gasteiger partial charge on any atom is -0.439 e. The van der Waals surface area contributed by atoms with Crippen molar-refractivity contribution in [1.82, 2.24) is 4.98 Å². The predicted octanol–water partition coefficient (Wildman–Crippen LogP) is 4.50. The third kappa shape index (κ3) is 5.28. The summed E-state index contributed by atoms with van der Waals surface area (Å²) in [5, 5.41) is 3.08. The molecule has 3 N–H and O–H groups in total. The van der Waals surface area contributed by atoms with E-state index in [2.05, 4.69) is 28.3 Å². The Balaban J connectivity index is 1.70. The summed E-state index contributed by atoms with van der Waals surface area (Å²) in [4.78, 5) is 8.57. The number of pyridine rings is 1. The van der Waals surface area contributed by atoms with Crippen LogP contribution in [-0.2, 0) is 13.0 Å². The molecular weight excluding hydrogens is 343 g/mol. The van der Waals surface area contributed by atoms with Crippen molar-refractivity contribution in [2.24, 2.45) is 10.7 Å². The highest BCUT2D eigenvalue weighted by Gasteiger charge is 2.07. The zero-order valence-corrected chi connectivity index (χ0v) is 15.0. The van der Waals surface area contributed by atoms with Gasteiger partial charge in [0.25, 0.3) is 0 Å². The summed E-state index contributed by atoms with van der Waals surface area (Å²) in [7, 11) is 0. The lowest BCUT2D eigenvalue weighted by Gasteiger charge is -2.10. The molecule has 0 aliphatic heterocycles. The van der Waals surface area contributed by atoms with Crippen molar-refractivity contribution in [2.45, 2.75) is 19.9 Å². The SMILES string of the molecule is CCc1cccc(NC(N)=NCc2cccnc2Oc2cccc(F)c2)c1. The van der Waals surface area contributed by atoms with Gasteiger partial charge >= 0.3 is 0 Å². The Morgan fingerprint density at radius 2 is 2.00 bits per heavy atom. The standard InChI is InChI=1S/C21H21FN4O/c1-2-15-6-3-9-18(12-15)26-21(23)25-14-16-7-5-11-24-20(16)27-19-10-4-8-17(22)13-19/h3-13H,2,14H2,1H3,(H3,23,25,26). The molecule has 0 aliphatic rings. The van der Waals surface area contributed by atoms with Crippen molar-refractivity contribution in [3.05, 3.63) is 83.8 Å². The second-order valence-corrected chi connectivity index (χ2v) is 5.91. The normalized spacial score (nSPS) is 11.3. The van der Waals surface area contributed by atoms with Crippen LogP contribution >= 0.6 is 0 Å². The molecule has 0 amide bonds. The molecule has 5 nitrogen and oxygen atoms in total. The van der Waals surface area contributed by atoms with E-state index in [0.717, 1.165) is 17.7 Å². The monoisotopic (exact) mass is 364 g/mol. The van der Waals surface area contributed by atoms with E-state index in [1.54, 1.807) is 24.4 Å². The van der Waals surface area contributed by atoms with E-state index in [4.69, 9.17) is 10.5 Å². The molecular formula is C21H21FN4O. The van der Waals surface area contributed by atoms with Crippen LogP contribution in [0.4, 0.5) is 10.1 Å². The van der Waals surface area contributed by atoms with Gasteiger partial charge in [-0.05, 0) is 42.3 Å². The van der Waals surface area contributed by atoms with Crippen molar-refractivity contribution in [3.8, 4) is 11.6 Å². The van der Waals surface area contributed by atoms with Gasteiger partial charge in [0.1, 0.15) is 11.6 Å². The highest BCUT2D eigenvalue weighted by atomic mass is 19.1. The van der Waals surface area contributed by atoms with Crippen LogP contribution in [0.25, 0.3) is 0 Å². The van der Waals surface area contributed by atoms with E-state index < -0.39 is 0 Å². The topological polar surface area (TPSA) is 72.5 Å². The summed E-state index contributed by atoms with van der Waals surface area (Å²) >= 11 is 0. The lowest BCUT2D eigenvalue weighted by Crippen LogP contribution is -2.22. The molecule has 0 aliphatic carbocycles. The van der Waals surface area contributed by atoms with Gasteiger partial charge in [0.05, 0.1) is 6.54 Å². The lowest BCUT2D eigenvalue weighted by molar-refractivity contribution is 0.452. The van der Waals surface area contributed by atoms with Gasteiger partial charge in [-0.2, -0.15) is 0 Å². The van der Waals surface area contributed by atoms with Gasteiger partial charge in [0.15, 0.2) is 5.96 Å². The maximum absolute atomic E-state index is 13.3. The highest BCUT2D eigenvalue weighted by molar-refractivity contribution is 5.92. The number of ether oxygens (including phenoxy) is 1. The third-order valence-corrected chi connectivity index (χ3v) is 3.89. The number of anilines is 1. The summed E-state index contributed by atoms with van der Waals surface area (Å²) in [6, 6.07) is 17.5. The largest absolute Gasteiger partial charge is 0.439 e. The fourth-order valence-corrected chi connectivity index (χ4v) is 2.51. The van der Waals surface area contributed by atoms with Crippen LogP contribution in [0.3, 0.4) is 0 Å². The maximum Gasteiger partial charge on any atom is 0.224 e. The third-order valence-electron chi connectivity index (χ3n) is 3.89. The van der Waals surface area contributed by atoms with E-state index in [1.165, 1.54) is 17.7 Å². The number of rotatable bonds is 6. The second-order valence-electron chi connectivity index (χ2n) is 5.91. The second kappa shape index (κ2) is 8.80. The Labute approximate surface area is 157 Å². The Morgan fingerprint density at radius 3 is 2.81 bits per heavy atom. The number of halogens is 1. The molecule has 0 unspecified atom stereocenters. The summed E-state index contributed by atoms with van der Waals surface area (Å²) in [5.41, 5.74) is 8.84. The number of nitrogens with one attached hydrogen (secondary N) is 1. The average molecular weight is 364 g/mol. The molecule has 3 rings (SSSR count). The summed E-state index contributed by atoms with van der Waals surface area (Å²) in [6.45, 7) is 2.38. The van der Waals surface area contributed by atoms with Crippen LogP contribution in [0.2, 0.25) is 0 Å².